The molecule has 0 atom stereocenters. The largest absolute Gasteiger partial charge is 0.316 e. The van der Waals surface area contributed by atoms with E-state index in [9.17, 15) is 4.79 Å². The van der Waals surface area contributed by atoms with E-state index in [1.165, 1.54) is 28.5 Å². The van der Waals surface area contributed by atoms with Crippen molar-refractivity contribution in [1.29, 1.82) is 0 Å². The van der Waals surface area contributed by atoms with Crippen LogP contribution in [-0.2, 0) is 0 Å². The van der Waals surface area contributed by atoms with Gasteiger partial charge in [0.2, 0.25) is 0 Å². The van der Waals surface area contributed by atoms with Crippen LogP contribution in [0.15, 0.2) is 12.1 Å². The highest BCUT2D eigenvalue weighted by Gasteiger charge is 2.18. The third-order valence-corrected chi connectivity index (χ3v) is 4.02. The van der Waals surface area contributed by atoms with Gasteiger partial charge < -0.3 is 5.32 Å². The Morgan fingerprint density at radius 1 is 0.950 bits per heavy atom. The first kappa shape index (κ1) is 17.1. The van der Waals surface area contributed by atoms with Gasteiger partial charge in [-0.1, -0.05) is 65.4 Å². The molecule has 3 heteroatoms. The van der Waals surface area contributed by atoms with Crippen LogP contribution >= 0.6 is 11.8 Å². The topological polar surface area (TPSA) is 29.1 Å². The number of carbonyl (C=O) groups excluding carboxylic acids is 1. The molecule has 1 N–H and O–H groups in total. The molecule has 0 heterocycles. The van der Waals surface area contributed by atoms with Crippen molar-refractivity contribution in [1.82, 2.24) is 0 Å². The molecule has 0 aliphatic carbocycles. The van der Waals surface area contributed by atoms with E-state index in [-0.39, 0.29) is 5.24 Å². The predicted octanol–water partition coefficient (Wildman–Crippen LogP) is 5.95. The second kappa shape index (κ2) is 7.16. The van der Waals surface area contributed by atoms with Crippen molar-refractivity contribution in [3.63, 3.8) is 0 Å². The monoisotopic (exact) mass is 293 g/mol. The zero-order valence-electron chi connectivity index (χ0n) is 13.7. The molecular weight excluding hydrogens is 266 g/mol. The summed E-state index contributed by atoms with van der Waals surface area (Å²) in [6, 6.07) is 4.49. The van der Waals surface area contributed by atoms with Gasteiger partial charge in [0.25, 0.3) is 5.24 Å². The molecule has 0 spiro atoms. The average molecular weight is 293 g/mol. The van der Waals surface area contributed by atoms with Crippen LogP contribution in [0.4, 0.5) is 10.5 Å². The Kier molecular flexibility index (Phi) is 6.12. The Morgan fingerprint density at radius 2 is 1.40 bits per heavy atom. The fourth-order valence-electron chi connectivity index (χ4n) is 2.25. The molecule has 0 fully saturated rings. The molecule has 1 amide bonds. The van der Waals surface area contributed by atoms with E-state index in [1.807, 2.05) is 6.26 Å². The summed E-state index contributed by atoms with van der Waals surface area (Å²) >= 11 is 1.22. The number of hydrogen-bond acceptors (Lipinski definition) is 2. The van der Waals surface area contributed by atoms with Gasteiger partial charge >= 0.3 is 0 Å². The van der Waals surface area contributed by atoms with E-state index in [4.69, 9.17) is 0 Å². The molecule has 0 aromatic heterocycles. The molecule has 2 nitrogen and oxygen atoms in total. The summed E-state index contributed by atoms with van der Waals surface area (Å²) in [5.74, 6) is 1.28. The number of amides is 1. The van der Waals surface area contributed by atoms with E-state index in [1.54, 1.807) is 0 Å². The second-order valence-corrected chi connectivity index (χ2v) is 6.93. The van der Waals surface area contributed by atoms with Crippen LogP contribution in [0.1, 0.15) is 76.0 Å². The lowest BCUT2D eigenvalue weighted by atomic mass is 9.87. The fourth-order valence-corrected chi connectivity index (χ4v) is 2.46. The smallest absolute Gasteiger partial charge is 0.283 e. The Hall–Kier alpha value is -0.960. The number of thioether (sulfide) groups is 1. The number of nitrogens with one attached hydrogen (secondary N) is 1. The minimum atomic E-state index is 0.00565. The van der Waals surface area contributed by atoms with Gasteiger partial charge in [0.1, 0.15) is 0 Å². The molecule has 0 radical (unpaired) electrons. The first-order valence-corrected chi connectivity index (χ1v) is 8.53. The highest BCUT2D eigenvalue weighted by Crippen LogP contribution is 2.36. The molecule has 1 aromatic rings. The maximum absolute atomic E-state index is 11.8. The lowest BCUT2D eigenvalue weighted by Crippen LogP contribution is -2.12. The number of benzene rings is 1. The van der Waals surface area contributed by atoms with Gasteiger partial charge in [-0.15, -0.1) is 0 Å². The molecule has 20 heavy (non-hydrogen) atoms. The quantitative estimate of drug-likeness (QED) is 0.743. The molecule has 0 saturated heterocycles. The first-order chi connectivity index (χ1) is 9.27. The number of anilines is 1. The van der Waals surface area contributed by atoms with Gasteiger partial charge in [-0.25, -0.2) is 0 Å². The maximum atomic E-state index is 11.8. The van der Waals surface area contributed by atoms with Crippen molar-refractivity contribution in [3.05, 3.63) is 28.8 Å². The van der Waals surface area contributed by atoms with Crippen molar-refractivity contribution in [3.8, 4) is 0 Å². The summed E-state index contributed by atoms with van der Waals surface area (Å²) in [6.45, 7) is 13.1. The van der Waals surface area contributed by atoms with Gasteiger partial charge in [-0.3, -0.25) is 4.79 Å². The Labute approximate surface area is 127 Å². The third-order valence-electron chi connectivity index (χ3n) is 3.54. The minimum Gasteiger partial charge on any atom is -0.316 e. The summed E-state index contributed by atoms with van der Waals surface area (Å²) in [6.07, 6.45) is 1.81. The van der Waals surface area contributed by atoms with Crippen molar-refractivity contribution in [2.24, 2.45) is 0 Å². The summed E-state index contributed by atoms with van der Waals surface area (Å²) in [5.41, 5.74) is 4.84. The van der Waals surface area contributed by atoms with Crippen molar-refractivity contribution in [2.75, 3.05) is 11.6 Å². The van der Waals surface area contributed by atoms with Crippen molar-refractivity contribution < 1.29 is 4.79 Å². The molecule has 0 bridgehead atoms. The highest BCUT2D eigenvalue weighted by molar-refractivity contribution is 8.13. The molecule has 1 aromatic carbocycles. The van der Waals surface area contributed by atoms with Crippen LogP contribution in [0.5, 0.6) is 0 Å². The van der Waals surface area contributed by atoms with E-state index in [0.29, 0.717) is 17.8 Å². The Morgan fingerprint density at radius 3 is 1.70 bits per heavy atom. The van der Waals surface area contributed by atoms with Gasteiger partial charge in [0, 0.05) is 5.69 Å². The number of carbonyl (C=O) groups is 1. The molecule has 0 aliphatic rings. The fraction of sp³-hybridized carbons (Fsp3) is 0.588. The standard InChI is InChI=1S/C17H27NOS/c1-10(2)13-8-14(11(3)4)16(18-17(19)20-7)15(9-13)12(5)6/h8-12H,1-7H3,(H,18,19). The highest BCUT2D eigenvalue weighted by atomic mass is 32.2. The van der Waals surface area contributed by atoms with Gasteiger partial charge in [0.05, 0.1) is 0 Å². The molecule has 0 unspecified atom stereocenters. The zero-order valence-corrected chi connectivity index (χ0v) is 14.5. The Bertz CT molecular complexity index is 449. The maximum Gasteiger partial charge on any atom is 0.283 e. The van der Waals surface area contributed by atoms with Crippen LogP contribution in [0, 0.1) is 0 Å². The van der Waals surface area contributed by atoms with Crippen LogP contribution < -0.4 is 5.32 Å². The van der Waals surface area contributed by atoms with E-state index < -0.39 is 0 Å². The molecular formula is C17H27NOS. The van der Waals surface area contributed by atoms with E-state index in [2.05, 4.69) is 59.0 Å². The number of rotatable bonds is 4. The zero-order chi connectivity index (χ0) is 15.4. The molecule has 1 rings (SSSR count). The number of hydrogen-bond donors (Lipinski definition) is 1. The van der Waals surface area contributed by atoms with Crippen LogP contribution in [0.3, 0.4) is 0 Å². The SMILES string of the molecule is CSC(=O)Nc1c(C(C)C)cc(C(C)C)cc1C(C)C. The average Bonchev–Trinajstić information content (AvgIpc) is 2.37. The van der Waals surface area contributed by atoms with Crippen LogP contribution in [0.25, 0.3) is 0 Å². The summed E-state index contributed by atoms with van der Waals surface area (Å²) in [7, 11) is 0. The van der Waals surface area contributed by atoms with Crippen molar-refractivity contribution in [2.45, 2.75) is 59.3 Å². The summed E-state index contributed by atoms with van der Waals surface area (Å²) in [4.78, 5) is 11.8. The first-order valence-electron chi connectivity index (χ1n) is 7.30. The van der Waals surface area contributed by atoms with Crippen molar-refractivity contribution >= 4 is 22.7 Å². The van der Waals surface area contributed by atoms with E-state index >= 15 is 0 Å². The summed E-state index contributed by atoms with van der Waals surface area (Å²) in [5, 5.41) is 3.09. The van der Waals surface area contributed by atoms with Crippen LogP contribution in [-0.4, -0.2) is 11.5 Å². The minimum absolute atomic E-state index is 0.00565. The predicted molar refractivity (Wildman–Crippen MR) is 91.2 cm³/mol. The van der Waals surface area contributed by atoms with E-state index in [0.717, 1.165) is 5.69 Å². The molecule has 0 aliphatic heterocycles. The molecule has 112 valence electrons. The van der Waals surface area contributed by atoms with Crippen LogP contribution in [0.2, 0.25) is 0 Å². The Balaban J connectivity index is 3.46. The lowest BCUT2D eigenvalue weighted by Gasteiger charge is -2.23. The van der Waals surface area contributed by atoms with Gasteiger partial charge in [-0.2, -0.15) is 0 Å². The normalized spacial score (nSPS) is 11.5. The third kappa shape index (κ3) is 4.02. The van der Waals surface area contributed by atoms with Gasteiger partial charge in [0.15, 0.2) is 0 Å². The lowest BCUT2D eigenvalue weighted by molar-refractivity contribution is 0.270. The van der Waals surface area contributed by atoms with Gasteiger partial charge in [-0.05, 0) is 40.7 Å². The molecule has 0 saturated carbocycles. The second-order valence-electron chi connectivity index (χ2n) is 6.16. The summed E-state index contributed by atoms with van der Waals surface area (Å²) < 4.78 is 0.